The van der Waals surface area contributed by atoms with Gasteiger partial charge in [-0.05, 0) is 56.3 Å². The van der Waals surface area contributed by atoms with E-state index in [2.05, 4.69) is 0 Å². The molecule has 4 rings (SSSR count). The molecule has 0 saturated carbocycles. The van der Waals surface area contributed by atoms with Crippen LogP contribution < -0.4 is 19.6 Å². The van der Waals surface area contributed by atoms with E-state index in [4.69, 9.17) is 18.6 Å². The molecule has 0 aliphatic carbocycles. The maximum absolute atomic E-state index is 12.7. The average Bonchev–Trinajstić information content (AvgIpc) is 2.66. The molecule has 1 aliphatic rings. The molecule has 0 radical (unpaired) electrons. The van der Waals surface area contributed by atoms with Crippen molar-refractivity contribution in [1.29, 1.82) is 0 Å². The molecule has 5 heteroatoms. The fourth-order valence-corrected chi connectivity index (χ4v) is 3.20. The quantitative estimate of drug-likeness (QED) is 0.676. The van der Waals surface area contributed by atoms with Gasteiger partial charge in [0.2, 0.25) is 0 Å². The van der Waals surface area contributed by atoms with E-state index in [-0.39, 0.29) is 5.43 Å². The van der Waals surface area contributed by atoms with Gasteiger partial charge in [-0.1, -0.05) is 0 Å². The van der Waals surface area contributed by atoms with Gasteiger partial charge in [-0.15, -0.1) is 0 Å². The molecule has 138 valence electrons. The van der Waals surface area contributed by atoms with Gasteiger partial charge in [0, 0.05) is 11.6 Å². The third-order valence-electron chi connectivity index (χ3n) is 4.59. The van der Waals surface area contributed by atoms with Crippen LogP contribution in [0.3, 0.4) is 0 Å². The van der Waals surface area contributed by atoms with E-state index >= 15 is 0 Å². The van der Waals surface area contributed by atoms with Crippen molar-refractivity contribution < 1.29 is 18.6 Å². The third-order valence-corrected chi connectivity index (χ3v) is 4.59. The van der Waals surface area contributed by atoms with Gasteiger partial charge in [-0.25, -0.2) is 0 Å². The maximum Gasteiger partial charge on any atom is 0.193 e. The Kier molecular flexibility index (Phi) is 3.95. The zero-order chi connectivity index (χ0) is 19.2. The molecular weight excluding hydrogens is 344 g/mol. The second kappa shape index (κ2) is 6.20. The van der Waals surface area contributed by atoms with E-state index in [0.717, 1.165) is 11.1 Å². The van der Waals surface area contributed by atoms with E-state index in [1.807, 2.05) is 38.1 Å². The third kappa shape index (κ3) is 2.95. The van der Waals surface area contributed by atoms with Crippen LogP contribution in [-0.2, 0) is 0 Å². The monoisotopic (exact) mass is 364 g/mol. The molecule has 0 saturated heterocycles. The Hall–Kier alpha value is -3.21. The molecule has 0 amide bonds. The highest BCUT2D eigenvalue weighted by Gasteiger charge is 2.24. The first-order chi connectivity index (χ1) is 12.9. The van der Waals surface area contributed by atoms with Crippen LogP contribution in [0.2, 0.25) is 0 Å². The Morgan fingerprint density at radius 1 is 0.963 bits per heavy atom. The lowest BCUT2D eigenvalue weighted by Crippen LogP contribution is -2.27. The zero-order valence-corrected chi connectivity index (χ0v) is 15.7. The summed E-state index contributed by atoms with van der Waals surface area (Å²) in [6.45, 7) is 3.96. The number of ether oxygens (including phenoxy) is 3. The number of hydrogen-bond acceptors (Lipinski definition) is 5. The summed E-state index contributed by atoms with van der Waals surface area (Å²) in [6.07, 6.45) is 3.90. The van der Waals surface area contributed by atoms with Crippen LogP contribution in [0.1, 0.15) is 19.4 Å². The molecule has 0 fully saturated rings. The lowest BCUT2D eigenvalue weighted by molar-refractivity contribution is 0.159. The molecule has 1 aliphatic heterocycles. The van der Waals surface area contributed by atoms with Crippen molar-refractivity contribution in [2.45, 2.75) is 19.4 Å². The van der Waals surface area contributed by atoms with E-state index in [1.54, 1.807) is 32.4 Å². The number of fused-ring (bicyclic) bond motifs is 3. The largest absolute Gasteiger partial charge is 0.493 e. The molecule has 3 aromatic rings. The summed E-state index contributed by atoms with van der Waals surface area (Å²) in [6, 6.07) is 10.4. The van der Waals surface area contributed by atoms with Crippen molar-refractivity contribution in [2.75, 3.05) is 14.2 Å². The molecule has 2 heterocycles. The van der Waals surface area contributed by atoms with Gasteiger partial charge in [0.1, 0.15) is 22.7 Å². The Labute approximate surface area is 156 Å². The Balaban J connectivity index is 1.93. The molecule has 2 aromatic carbocycles. The van der Waals surface area contributed by atoms with Crippen molar-refractivity contribution in [3.63, 3.8) is 0 Å². The van der Waals surface area contributed by atoms with Gasteiger partial charge in [0.05, 0.1) is 25.2 Å². The molecule has 0 spiro atoms. The molecule has 0 atom stereocenters. The van der Waals surface area contributed by atoms with Gasteiger partial charge in [0.25, 0.3) is 0 Å². The Morgan fingerprint density at radius 2 is 1.74 bits per heavy atom. The number of methoxy groups -OCH3 is 2. The minimum atomic E-state index is -0.401. The molecule has 27 heavy (non-hydrogen) atoms. The first kappa shape index (κ1) is 17.2. The van der Waals surface area contributed by atoms with Crippen molar-refractivity contribution in [2.24, 2.45) is 0 Å². The Bertz CT molecular complexity index is 1120. The molecule has 0 bridgehead atoms. The van der Waals surface area contributed by atoms with Crippen LogP contribution in [0.5, 0.6) is 17.2 Å². The van der Waals surface area contributed by atoms with Gasteiger partial charge >= 0.3 is 0 Å². The fraction of sp³-hybridized carbons (Fsp3) is 0.227. The number of benzene rings is 2. The van der Waals surface area contributed by atoms with Crippen LogP contribution in [0.4, 0.5) is 0 Å². The highest BCUT2D eigenvalue weighted by Crippen LogP contribution is 2.37. The van der Waals surface area contributed by atoms with E-state index in [1.165, 1.54) is 6.07 Å². The first-order valence-corrected chi connectivity index (χ1v) is 8.63. The molecule has 1 aromatic heterocycles. The smallest absolute Gasteiger partial charge is 0.193 e. The van der Waals surface area contributed by atoms with Crippen molar-refractivity contribution >= 4 is 17.0 Å². The standard InChI is InChI=1S/C22H20O5/c1-22(2)10-9-15-17(27-22)8-6-14-16(23)12-19(26-21(14)15)13-5-7-18(24-3)20(11-13)25-4/h5-12H,1-4H3. The zero-order valence-electron chi connectivity index (χ0n) is 15.7. The lowest BCUT2D eigenvalue weighted by atomic mass is 10.00. The second-order valence-corrected chi connectivity index (χ2v) is 6.94. The van der Waals surface area contributed by atoms with Crippen molar-refractivity contribution in [1.82, 2.24) is 0 Å². The summed E-state index contributed by atoms with van der Waals surface area (Å²) in [5, 5.41) is 0.519. The summed E-state index contributed by atoms with van der Waals surface area (Å²) >= 11 is 0. The summed E-state index contributed by atoms with van der Waals surface area (Å²) in [5.41, 5.74) is 1.50. The highest BCUT2D eigenvalue weighted by molar-refractivity contribution is 5.90. The fourth-order valence-electron chi connectivity index (χ4n) is 3.20. The predicted octanol–water partition coefficient (Wildman–Crippen LogP) is 4.66. The number of rotatable bonds is 3. The molecule has 5 nitrogen and oxygen atoms in total. The Morgan fingerprint density at radius 3 is 2.48 bits per heavy atom. The van der Waals surface area contributed by atoms with Gasteiger partial charge in [0.15, 0.2) is 16.9 Å². The lowest BCUT2D eigenvalue weighted by Gasteiger charge is -2.28. The highest BCUT2D eigenvalue weighted by atomic mass is 16.5. The van der Waals surface area contributed by atoms with Crippen molar-refractivity contribution in [3.8, 4) is 28.6 Å². The maximum atomic E-state index is 12.7. The van der Waals surface area contributed by atoms with E-state index in [9.17, 15) is 4.79 Å². The minimum Gasteiger partial charge on any atom is -0.493 e. The van der Waals surface area contributed by atoms with Gasteiger partial charge in [-0.3, -0.25) is 4.79 Å². The molecule has 0 N–H and O–H groups in total. The molecular formula is C22H20O5. The van der Waals surface area contributed by atoms with Gasteiger partial charge < -0.3 is 18.6 Å². The summed E-state index contributed by atoms with van der Waals surface area (Å²) in [5.74, 6) is 2.33. The average molecular weight is 364 g/mol. The summed E-state index contributed by atoms with van der Waals surface area (Å²) in [4.78, 5) is 12.7. The normalized spacial score (nSPS) is 14.5. The van der Waals surface area contributed by atoms with E-state index in [0.29, 0.717) is 34.0 Å². The van der Waals surface area contributed by atoms with Crippen LogP contribution in [0.15, 0.2) is 51.7 Å². The van der Waals surface area contributed by atoms with Crippen LogP contribution in [0.25, 0.3) is 28.4 Å². The minimum absolute atomic E-state index is 0.109. The van der Waals surface area contributed by atoms with Crippen LogP contribution in [0, 0.1) is 0 Å². The summed E-state index contributed by atoms with van der Waals surface area (Å²) < 4.78 is 22.8. The first-order valence-electron chi connectivity index (χ1n) is 8.63. The van der Waals surface area contributed by atoms with Crippen LogP contribution in [-0.4, -0.2) is 19.8 Å². The summed E-state index contributed by atoms with van der Waals surface area (Å²) in [7, 11) is 3.15. The molecule has 0 unspecified atom stereocenters. The number of hydrogen-bond donors (Lipinski definition) is 0. The van der Waals surface area contributed by atoms with Crippen LogP contribution >= 0.6 is 0 Å². The topological polar surface area (TPSA) is 57.9 Å². The van der Waals surface area contributed by atoms with E-state index < -0.39 is 5.60 Å². The second-order valence-electron chi connectivity index (χ2n) is 6.94. The SMILES string of the molecule is COc1ccc(-c2cc(=O)c3ccc4c(c3o2)C=CC(C)(C)O4)cc1OC. The van der Waals surface area contributed by atoms with Gasteiger partial charge in [-0.2, -0.15) is 0 Å². The van der Waals surface area contributed by atoms with Crippen molar-refractivity contribution in [3.05, 3.63) is 58.3 Å². The predicted molar refractivity (Wildman–Crippen MR) is 105 cm³/mol.